The summed E-state index contributed by atoms with van der Waals surface area (Å²) < 4.78 is 5.34. The van der Waals surface area contributed by atoms with Crippen molar-refractivity contribution < 1.29 is 14.3 Å². The van der Waals surface area contributed by atoms with Crippen molar-refractivity contribution in [3.8, 4) is 5.75 Å². The molecule has 0 radical (unpaired) electrons. The summed E-state index contributed by atoms with van der Waals surface area (Å²) in [5, 5.41) is 2.60. The number of amides is 2. The third kappa shape index (κ3) is 5.69. The van der Waals surface area contributed by atoms with Gasteiger partial charge >= 0.3 is 0 Å². The number of hydrogen-bond acceptors (Lipinski definition) is 4. The van der Waals surface area contributed by atoms with Gasteiger partial charge < -0.3 is 20.7 Å². The van der Waals surface area contributed by atoms with Crippen LogP contribution in [0.25, 0.3) is 0 Å². The summed E-state index contributed by atoms with van der Waals surface area (Å²) in [6, 6.07) is 9.19. The first-order valence-electron chi connectivity index (χ1n) is 7.86. The lowest BCUT2D eigenvalue weighted by Gasteiger charge is -2.42. The van der Waals surface area contributed by atoms with Gasteiger partial charge in [-0.3, -0.25) is 9.59 Å². The molecule has 7 heteroatoms. The Bertz CT molecular complexity index is 551. The highest BCUT2D eigenvalue weighted by atomic mass is 35.5. The van der Waals surface area contributed by atoms with E-state index in [4.69, 9.17) is 10.5 Å². The number of hydrogen-bond donors (Lipinski definition) is 2. The zero-order valence-corrected chi connectivity index (χ0v) is 15.0. The number of rotatable bonds is 5. The van der Waals surface area contributed by atoms with Crippen molar-refractivity contribution in [1.29, 1.82) is 0 Å². The Balaban J connectivity index is 0.00000288. The Hall–Kier alpha value is -1.79. The minimum Gasteiger partial charge on any atom is -0.484 e. The molecular formula is C17H26ClN3O3. The summed E-state index contributed by atoms with van der Waals surface area (Å²) in [4.78, 5) is 25.7. The lowest BCUT2D eigenvalue weighted by Crippen LogP contribution is -2.55. The number of nitrogens with one attached hydrogen (secondary N) is 1. The van der Waals surface area contributed by atoms with Crippen molar-refractivity contribution in [3.63, 3.8) is 0 Å². The molecule has 134 valence electrons. The Morgan fingerprint density at radius 2 is 2.00 bits per heavy atom. The molecule has 1 heterocycles. The molecule has 1 unspecified atom stereocenters. The SMILES string of the molecule is CC1(C)CN(C(=O)CNC(=O)COc2ccccc2)CCC1N.Cl. The van der Waals surface area contributed by atoms with Crippen LogP contribution in [-0.4, -0.2) is 49.0 Å². The number of carbonyl (C=O) groups excluding carboxylic acids is 2. The maximum atomic E-state index is 12.2. The third-order valence-corrected chi connectivity index (χ3v) is 4.21. The number of piperidine rings is 1. The van der Waals surface area contributed by atoms with Gasteiger partial charge in [-0.2, -0.15) is 0 Å². The smallest absolute Gasteiger partial charge is 0.258 e. The molecule has 1 aliphatic heterocycles. The van der Waals surface area contributed by atoms with Gasteiger partial charge in [-0.05, 0) is 24.0 Å². The zero-order chi connectivity index (χ0) is 16.9. The molecule has 1 fully saturated rings. The first kappa shape index (κ1) is 20.3. The fourth-order valence-corrected chi connectivity index (χ4v) is 2.59. The van der Waals surface area contributed by atoms with Gasteiger partial charge in [0.2, 0.25) is 5.91 Å². The maximum absolute atomic E-state index is 12.2. The second kappa shape index (κ2) is 8.89. The van der Waals surface area contributed by atoms with Crippen LogP contribution in [0.1, 0.15) is 20.3 Å². The second-order valence-corrected chi connectivity index (χ2v) is 6.58. The highest BCUT2D eigenvalue weighted by molar-refractivity contribution is 5.85. The molecule has 2 amide bonds. The Morgan fingerprint density at radius 1 is 1.33 bits per heavy atom. The molecule has 0 aromatic heterocycles. The molecule has 1 atom stereocenters. The molecular weight excluding hydrogens is 330 g/mol. The lowest BCUT2D eigenvalue weighted by atomic mass is 9.79. The predicted octanol–water partition coefficient (Wildman–Crippen LogP) is 1.19. The molecule has 3 N–H and O–H groups in total. The largest absolute Gasteiger partial charge is 0.484 e. The third-order valence-electron chi connectivity index (χ3n) is 4.21. The molecule has 1 saturated heterocycles. The number of likely N-dealkylation sites (tertiary alicyclic amines) is 1. The van der Waals surface area contributed by atoms with Gasteiger partial charge in [0, 0.05) is 19.1 Å². The van der Waals surface area contributed by atoms with E-state index in [-0.39, 0.29) is 48.8 Å². The molecule has 2 rings (SSSR count). The Labute approximate surface area is 149 Å². The number of nitrogens with zero attached hydrogens (tertiary/aromatic N) is 1. The molecule has 1 aromatic rings. The fraction of sp³-hybridized carbons (Fsp3) is 0.529. The number of halogens is 1. The van der Waals surface area contributed by atoms with E-state index in [2.05, 4.69) is 19.2 Å². The van der Waals surface area contributed by atoms with Gasteiger partial charge in [-0.15, -0.1) is 12.4 Å². The average Bonchev–Trinajstić information content (AvgIpc) is 2.54. The standard InChI is InChI=1S/C17H25N3O3.ClH/c1-17(2)12-20(9-8-14(17)18)16(22)10-19-15(21)11-23-13-6-4-3-5-7-13;/h3-7,14H,8-12,18H2,1-2H3,(H,19,21);1H. The van der Waals surface area contributed by atoms with E-state index >= 15 is 0 Å². The summed E-state index contributed by atoms with van der Waals surface area (Å²) in [6.45, 7) is 5.26. The van der Waals surface area contributed by atoms with Gasteiger partial charge in [0.1, 0.15) is 5.75 Å². The van der Waals surface area contributed by atoms with E-state index in [1.54, 1.807) is 17.0 Å². The summed E-state index contributed by atoms with van der Waals surface area (Å²) >= 11 is 0. The van der Waals surface area contributed by atoms with Gasteiger partial charge in [-0.1, -0.05) is 32.0 Å². The van der Waals surface area contributed by atoms with Gasteiger partial charge in [0.25, 0.3) is 5.91 Å². The minimum absolute atomic E-state index is 0. The van der Waals surface area contributed by atoms with Gasteiger partial charge in [0.05, 0.1) is 6.54 Å². The molecule has 1 aromatic carbocycles. The van der Waals surface area contributed by atoms with Crippen molar-refractivity contribution in [2.24, 2.45) is 11.1 Å². The molecule has 0 saturated carbocycles. The monoisotopic (exact) mass is 355 g/mol. The maximum Gasteiger partial charge on any atom is 0.258 e. The summed E-state index contributed by atoms with van der Waals surface area (Å²) in [5.74, 6) is 0.231. The van der Waals surface area contributed by atoms with Gasteiger partial charge in [0.15, 0.2) is 6.61 Å². The summed E-state index contributed by atoms with van der Waals surface area (Å²) in [5.41, 5.74) is 5.96. The summed E-state index contributed by atoms with van der Waals surface area (Å²) in [7, 11) is 0. The average molecular weight is 356 g/mol. The molecule has 0 aliphatic carbocycles. The fourth-order valence-electron chi connectivity index (χ4n) is 2.59. The molecule has 1 aliphatic rings. The second-order valence-electron chi connectivity index (χ2n) is 6.58. The van der Waals surface area contributed by atoms with Crippen molar-refractivity contribution in [1.82, 2.24) is 10.2 Å². The van der Waals surface area contributed by atoms with Crippen molar-refractivity contribution >= 4 is 24.2 Å². The van der Waals surface area contributed by atoms with E-state index in [0.29, 0.717) is 18.8 Å². The van der Waals surface area contributed by atoms with Crippen LogP contribution in [0, 0.1) is 5.41 Å². The lowest BCUT2D eigenvalue weighted by molar-refractivity contribution is -0.136. The first-order chi connectivity index (χ1) is 10.9. The van der Waals surface area contributed by atoms with Crippen molar-refractivity contribution in [2.75, 3.05) is 26.2 Å². The number of para-hydroxylation sites is 1. The van der Waals surface area contributed by atoms with E-state index in [0.717, 1.165) is 6.42 Å². The molecule has 24 heavy (non-hydrogen) atoms. The normalized spacial score (nSPS) is 19.1. The van der Waals surface area contributed by atoms with E-state index in [1.165, 1.54) is 0 Å². The van der Waals surface area contributed by atoms with Crippen LogP contribution in [0.3, 0.4) is 0 Å². The van der Waals surface area contributed by atoms with E-state index in [9.17, 15) is 9.59 Å². The van der Waals surface area contributed by atoms with Crippen LogP contribution in [0.2, 0.25) is 0 Å². The van der Waals surface area contributed by atoms with Crippen molar-refractivity contribution in [3.05, 3.63) is 30.3 Å². The van der Waals surface area contributed by atoms with Crippen LogP contribution in [0.5, 0.6) is 5.75 Å². The highest BCUT2D eigenvalue weighted by Gasteiger charge is 2.35. The summed E-state index contributed by atoms with van der Waals surface area (Å²) in [6.07, 6.45) is 0.782. The van der Waals surface area contributed by atoms with Crippen molar-refractivity contribution in [2.45, 2.75) is 26.3 Å². The molecule has 0 bridgehead atoms. The van der Waals surface area contributed by atoms with Crippen LogP contribution < -0.4 is 15.8 Å². The predicted molar refractivity (Wildman–Crippen MR) is 95.1 cm³/mol. The van der Waals surface area contributed by atoms with Crippen LogP contribution in [0.15, 0.2) is 30.3 Å². The quantitative estimate of drug-likeness (QED) is 0.830. The number of benzene rings is 1. The van der Waals surface area contributed by atoms with Crippen LogP contribution in [0.4, 0.5) is 0 Å². The van der Waals surface area contributed by atoms with Gasteiger partial charge in [-0.25, -0.2) is 0 Å². The first-order valence-corrected chi connectivity index (χ1v) is 7.86. The van der Waals surface area contributed by atoms with Crippen LogP contribution >= 0.6 is 12.4 Å². The topological polar surface area (TPSA) is 84.7 Å². The zero-order valence-electron chi connectivity index (χ0n) is 14.2. The molecule has 6 nitrogen and oxygen atoms in total. The highest BCUT2D eigenvalue weighted by Crippen LogP contribution is 2.27. The Morgan fingerprint density at radius 3 is 2.62 bits per heavy atom. The van der Waals surface area contributed by atoms with E-state index < -0.39 is 0 Å². The van der Waals surface area contributed by atoms with E-state index in [1.807, 2.05) is 18.2 Å². The molecule has 0 spiro atoms. The number of carbonyl (C=O) groups is 2. The van der Waals surface area contributed by atoms with Crippen LogP contribution in [-0.2, 0) is 9.59 Å². The minimum atomic E-state index is -0.310. The number of ether oxygens (including phenoxy) is 1. The Kier molecular flexibility index (Phi) is 7.51. The number of nitrogens with two attached hydrogens (primary N) is 1.